The third kappa shape index (κ3) is 3.61. The standard InChI is InChI=1S/C19H14F3NO3/c1-2-25-16(24)10-15-18(13-4-3-5-14(21)17(13)22)26-19(23-15)11-6-8-12(20)9-7-11/h3-9H,2,10H2,1H3. The van der Waals surface area contributed by atoms with E-state index in [-0.39, 0.29) is 35.9 Å². The molecule has 0 saturated carbocycles. The van der Waals surface area contributed by atoms with E-state index in [9.17, 15) is 18.0 Å². The van der Waals surface area contributed by atoms with Crippen LogP contribution in [0, 0.1) is 17.5 Å². The van der Waals surface area contributed by atoms with Gasteiger partial charge in [0.1, 0.15) is 5.82 Å². The fraction of sp³-hybridized carbons (Fsp3) is 0.158. The smallest absolute Gasteiger partial charge is 0.312 e. The van der Waals surface area contributed by atoms with Gasteiger partial charge in [-0.15, -0.1) is 0 Å². The second-order valence-electron chi connectivity index (χ2n) is 5.38. The third-order valence-corrected chi connectivity index (χ3v) is 3.60. The molecule has 4 nitrogen and oxygen atoms in total. The molecule has 0 spiro atoms. The van der Waals surface area contributed by atoms with Crippen molar-refractivity contribution in [3.05, 3.63) is 65.6 Å². The number of rotatable bonds is 5. The molecule has 0 bridgehead atoms. The summed E-state index contributed by atoms with van der Waals surface area (Å²) in [5, 5.41) is 0. The Morgan fingerprint density at radius 1 is 1.12 bits per heavy atom. The van der Waals surface area contributed by atoms with Crippen molar-refractivity contribution < 1.29 is 27.1 Å². The second-order valence-corrected chi connectivity index (χ2v) is 5.38. The van der Waals surface area contributed by atoms with Crippen LogP contribution in [0.5, 0.6) is 0 Å². The molecule has 134 valence electrons. The lowest BCUT2D eigenvalue weighted by molar-refractivity contribution is -0.142. The second kappa shape index (κ2) is 7.43. The Hall–Kier alpha value is -3.09. The molecule has 0 radical (unpaired) electrons. The molecule has 0 atom stereocenters. The Morgan fingerprint density at radius 3 is 2.54 bits per heavy atom. The lowest BCUT2D eigenvalue weighted by atomic mass is 10.1. The number of oxazole rings is 1. The molecule has 0 aliphatic rings. The first-order valence-electron chi connectivity index (χ1n) is 7.85. The van der Waals surface area contributed by atoms with Crippen LogP contribution in [0.15, 0.2) is 46.9 Å². The zero-order valence-corrected chi connectivity index (χ0v) is 13.8. The maximum Gasteiger partial charge on any atom is 0.312 e. The summed E-state index contributed by atoms with van der Waals surface area (Å²) in [7, 11) is 0. The van der Waals surface area contributed by atoms with Crippen molar-refractivity contribution in [2.75, 3.05) is 6.61 Å². The largest absolute Gasteiger partial charge is 0.466 e. The lowest BCUT2D eigenvalue weighted by Gasteiger charge is -2.03. The van der Waals surface area contributed by atoms with Crippen LogP contribution in [0.25, 0.3) is 22.8 Å². The molecule has 0 amide bonds. The molecule has 2 aromatic carbocycles. The van der Waals surface area contributed by atoms with Gasteiger partial charge in [0.2, 0.25) is 5.89 Å². The Labute approximate surface area is 147 Å². The molecule has 0 aliphatic carbocycles. The number of carbonyl (C=O) groups excluding carboxylic acids is 1. The van der Waals surface area contributed by atoms with Gasteiger partial charge in [0.25, 0.3) is 0 Å². The number of hydrogen-bond donors (Lipinski definition) is 0. The fourth-order valence-corrected chi connectivity index (χ4v) is 2.43. The van der Waals surface area contributed by atoms with Crippen molar-refractivity contribution in [3.8, 4) is 22.8 Å². The zero-order valence-electron chi connectivity index (χ0n) is 13.8. The molecule has 3 aromatic rings. The minimum Gasteiger partial charge on any atom is -0.466 e. The Bertz CT molecular complexity index is 936. The van der Waals surface area contributed by atoms with E-state index >= 15 is 0 Å². The Morgan fingerprint density at radius 2 is 1.85 bits per heavy atom. The quantitative estimate of drug-likeness (QED) is 0.627. The van der Waals surface area contributed by atoms with E-state index in [2.05, 4.69) is 4.98 Å². The highest BCUT2D eigenvalue weighted by Crippen LogP contribution is 2.32. The average molecular weight is 361 g/mol. The molecule has 0 N–H and O–H groups in total. The molecule has 3 rings (SSSR count). The summed E-state index contributed by atoms with van der Waals surface area (Å²) < 4.78 is 51.4. The number of halogens is 3. The number of benzene rings is 2. The summed E-state index contributed by atoms with van der Waals surface area (Å²) in [5.74, 6) is -3.20. The van der Waals surface area contributed by atoms with Gasteiger partial charge < -0.3 is 9.15 Å². The van der Waals surface area contributed by atoms with Gasteiger partial charge in [-0.1, -0.05) is 6.07 Å². The predicted molar refractivity (Wildman–Crippen MR) is 87.6 cm³/mol. The van der Waals surface area contributed by atoms with E-state index < -0.39 is 23.4 Å². The Kier molecular flexibility index (Phi) is 5.06. The summed E-state index contributed by atoms with van der Waals surface area (Å²) in [6.07, 6.45) is -0.274. The van der Waals surface area contributed by atoms with Crippen molar-refractivity contribution in [2.24, 2.45) is 0 Å². The number of esters is 1. The molecular weight excluding hydrogens is 347 g/mol. The van der Waals surface area contributed by atoms with Crippen molar-refractivity contribution in [1.29, 1.82) is 0 Å². The predicted octanol–water partition coefficient (Wildman–Crippen LogP) is 4.53. The van der Waals surface area contributed by atoms with Crippen LogP contribution in [-0.2, 0) is 16.0 Å². The number of ether oxygens (including phenoxy) is 1. The normalized spacial score (nSPS) is 10.8. The molecular formula is C19H14F3NO3. The topological polar surface area (TPSA) is 52.3 Å². The van der Waals surface area contributed by atoms with Gasteiger partial charge in [-0.3, -0.25) is 4.79 Å². The SMILES string of the molecule is CCOC(=O)Cc1nc(-c2ccc(F)cc2)oc1-c1cccc(F)c1F. The number of hydrogen-bond acceptors (Lipinski definition) is 4. The molecule has 7 heteroatoms. The molecule has 1 aromatic heterocycles. The maximum absolute atomic E-state index is 14.2. The van der Waals surface area contributed by atoms with Crippen LogP contribution >= 0.6 is 0 Å². The van der Waals surface area contributed by atoms with Crippen LogP contribution in [-0.4, -0.2) is 17.6 Å². The highest BCUT2D eigenvalue weighted by Gasteiger charge is 2.23. The van der Waals surface area contributed by atoms with Crippen LogP contribution in [0.4, 0.5) is 13.2 Å². The Balaban J connectivity index is 2.09. The van der Waals surface area contributed by atoms with Gasteiger partial charge in [0.05, 0.1) is 24.3 Å². The number of aromatic nitrogens is 1. The highest BCUT2D eigenvalue weighted by atomic mass is 19.2. The van der Waals surface area contributed by atoms with Gasteiger partial charge >= 0.3 is 5.97 Å². The van der Waals surface area contributed by atoms with Gasteiger partial charge in [0, 0.05) is 5.56 Å². The van der Waals surface area contributed by atoms with E-state index in [4.69, 9.17) is 9.15 Å². The summed E-state index contributed by atoms with van der Waals surface area (Å²) in [6.45, 7) is 1.82. The maximum atomic E-state index is 14.2. The fourth-order valence-electron chi connectivity index (χ4n) is 2.43. The van der Waals surface area contributed by atoms with E-state index in [1.807, 2.05) is 0 Å². The van der Waals surface area contributed by atoms with Gasteiger partial charge in [0.15, 0.2) is 17.4 Å². The first-order valence-corrected chi connectivity index (χ1v) is 7.85. The van der Waals surface area contributed by atoms with Gasteiger partial charge in [-0.2, -0.15) is 0 Å². The number of carbonyl (C=O) groups is 1. The number of nitrogens with zero attached hydrogens (tertiary/aromatic N) is 1. The van der Waals surface area contributed by atoms with Crippen LogP contribution in [0.1, 0.15) is 12.6 Å². The van der Waals surface area contributed by atoms with Crippen molar-refractivity contribution in [3.63, 3.8) is 0 Å². The van der Waals surface area contributed by atoms with Crippen molar-refractivity contribution in [1.82, 2.24) is 4.98 Å². The molecule has 0 aliphatic heterocycles. The van der Waals surface area contributed by atoms with Crippen LogP contribution in [0.3, 0.4) is 0 Å². The molecule has 1 heterocycles. The van der Waals surface area contributed by atoms with Crippen LogP contribution in [0.2, 0.25) is 0 Å². The monoisotopic (exact) mass is 361 g/mol. The van der Waals surface area contributed by atoms with Crippen LogP contribution < -0.4 is 0 Å². The van der Waals surface area contributed by atoms with E-state index in [1.165, 1.54) is 36.4 Å². The van der Waals surface area contributed by atoms with E-state index in [0.717, 1.165) is 6.07 Å². The van der Waals surface area contributed by atoms with E-state index in [0.29, 0.717) is 5.56 Å². The third-order valence-electron chi connectivity index (χ3n) is 3.60. The average Bonchev–Trinajstić information content (AvgIpc) is 3.01. The summed E-state index contributed by atoms with van der Waals surface area (Å²) in [6, 6.07) is 8.91. The minimum atomic E-state index is -1.11. The van der Waals surface area contributed by atoms with Gasteiger partial charge in [-0.05, 0) is 43.3 Å². The molecule has 26 heavy (non-hydrogen) atoms. The summed E-state index contributed by atoms with van der Waals surface area (Å²) >= 11 is 0. The summed E-state index contributed by atoms with van der Waals surface area (Å²) in [5.41, 5.74) is 0.372. The first-order chi connectivity index (χ1) is 12.5. The highest BCUT2D eigenvalue weighted by molar-refractivity contribution is 5.76. The summed E-state index contributed by atoms with van der Waals surface area (Å²) in [4.78, 5) is 16.0. The lowest BCUT2D eigenvalue weighted by Crippen LogP contribution is -2.08. The van der Waals surface area contributed by atoms with Crippen molar-refractivity contribution in [2.45, 2.75) is 13.3 Å². The molecule has 0 unspecified atom stereocenters. The van der Waals surface area contributed by atoms with E-state index in [1.54, 1.807) is 6.92 Å². The van der Waals surface area contributed by atoms with Gasteiger partial charge in [-0.25, -0.2) is 18.2 Å². The minimum absolute atomic E-state index is 0.0583. The van der Waals surface area contributed by atoms with Crippen molar-refractivity contribution >= 4 is 5.97 Å². The first kappa shape index (κ1) is 17.7. The molecule has 0 fully saturated rings. The zero-order chi connectivity index (χ0) is 18.7. The molecule has 0 saturated heterocycles.